The second-order valence-corrected chi connectivity index (χ2v) is 4.56. The van der Waals surface area contributed by atoms with E-state index in [0.717, 1.165) is 4.88 Å². The number of thiophene rings is 1. The topological polar surface area (TPSA) is 12.0 Å². The van der Waals surface area contributed by atoms with Crippen LogP contribution in [0.3, 0.4) is 0 Å². The Hall–Kier alpha value is -0.550. The van der Waals surface area contributed by atoms with Crippen molar-refractivity contribution in [2.75, 3.05) is 13.6 Å². The first-order chi connectivity index (χ1) is 7.01. The Labute approximate surface area is 91.3 Å². The molecular weight excluding hydrogens is 223 g/mol. The van der Waals surface area contributed by atoms with Crippen LogP contribution in [0.25, 0.3) is 0 Å². The van der Waals surface area contributed by atoms with E-state index in [-0.39, 0.29) is 5.92 Å². The molecule has 0 aliphatic heterocycles. The molecule has 0 saturated carbocycles. The summed E-state index contributed by atoms with van der Waals surface area (Å²) in [7, 11) is 1.68. The molecule has 0 fully saturated rings. The molecular formula is C10H14F3NS. The number of hydrogen-bond donors (Lipinski definition) is 1. The zero-order valence-corrected chi connectivity index (χ0v) is 9.29. The van der Waals surface area contributed by atoms with Gasteiger partial charge in [-0.25, -0.2) is 0 Å². The highest BCUT2D eigenvalue weighted by Crippen LogP contribution is 2.27. The molecule has 0 aromatic carbocycles. The first-order valence-corrected chi connectivity index (χ1v) is 5.63. The predicted molar refractivity (Wildman–Crippen MR) is 56.1 cm³/mol. The Morgan fingerprint density at radius 1 is 1.47 bits per heavy atom. The lowest BCUT2D eigenvalue weighted by Crippen LogP contribution is -2.26. The van der Waals surface area contributed by atoms with E-state index in [2.05, 4.69) is 5.32 Å². The van der Waals surface area contributed by atoms with E-state index in [1.807, 2.05) is 17.5 Å². The highest BCUT2D eigenvalue weighted by Gasteiger charge is 2.31. The molecule has 0 amide bonds. The molecule has 0 spiro atoms. The molecule has 1 aromatic rings. The second-order valence-electron chi connectivity index (χ2n) is 3.53. The van der Waals surface area contributed by atoms with Crippen LogP contribution in [0, 0.1) is 5.92 Å². The molecule has 5 heteroatoms. The summed E-state index contributed by atoms with van der Waals surface area (Å²) >= 11 is 1.51. The van der Waals surface area contributed by atoms with Crippen molar-refractivity contribution in [2.45, 2.75) is 19.0 Å². The standard InChI is InChI=1S/C10H14F3NS/c1-14-7-8(6-10(11,12)13)5-9-3-2-4-15-9/h2-4,8,14H,5-7H2,1H3/t8-/m1/s1. The van der Waals surface area contributed by atoms with Crippen LogP contribution in [0.5, 0.6) is 0 Å². The largest absolute Gasteiger partial charge is 0.389 e. The Balaban J connectivity index is 2.51. The van der Waals surface area contributed by atoms with Crippen LogP contribution >= 0.6 is 11.3 Å². The van der Waals surface area contributed by atoms with Crippen LogP contribution in [0.2, 0.25) is 0 Å². The van der Waals surface area contributed by atoms with Gasteiger partial charge in [0.15, 0.2) is 0 Å². The predicted octanol–water partition coefficient (Wildman–Crippen LogP) is 3.08. The molecule has 15 heavy (non-hydrogen) atoms. The first-order valence-electron chi connectivity index (χ1n) is 4.75. The van der Waals surface area contributed by atoms with Gasteiger partial charge in [0.25, 0.3) is 0 Å². The van der Waals surface area contributed by atoms with Gasteiger partial charge in [0.1, 0.15) is 0 Å². The third-order valence-corrected chi connectivity index (χ3v) is 2.98. The van der Waals surface area contributed by atoms with E-state index < -0.39 is 12.6 Å². The van der Waals surface area contributed by atoms with Crippen molar-refractivity contribution in [3.05, 3.63) is 22.4 Å². The lowest BCUT2D eigenvalue weighted by molar-refractivity contribution is -0.144. The summed E-state index contributed by atoms with van der Waals surface area (Å²) in [6.07, 6.45) is -4.29. The SMILES string of the molecule is CNC[C@H](Cc1cccs1)CC(F)(F)F. The van der Waals surface area contributed by atoms with Gasteiger partial charge in [-0.05, 0) is 37.4 Å². The minimum absolute atomic E-state index is 0.367. The molecule has 0 bridgehead atoms. The molecule has 1 heterocycles. The quantitative estimate of drug-likeness (QED) is 0.829. The third kappa shape index (κ3) is 5.18. The van der Waals surface area contributed by atoms with Crippen LogP contribution in [-0.2, 0) is 6.42 Å². The van der Waals surface area contributed by atoms with Crippen molar-refractivity contribution in [1.82, 2.24) is 5.32 Å². The van der Waals surface area contributed by atoms with Gasteiger partial charge in [-0.1, -0.05) is 6.07 Å². The van der Waals surface area contributed by atoms with Gasteiger partial charge in [-0.15, -0.1) is 11.3 Å². The van der Waals surface area contributed by atoms with Gasteiger partial charge in [-0.2, -0.15) is 13.2 Å². The normalized spacial score (nSPS) is 14.1. The van der Waals surface area contributed by atoms with Crippen LogP contribution in [0.4, 0.5) is 13.2 Å². The fraction of sp³-hybridized carbons (Fsp3) is 0.600. The summed E-state index contributed by atoms with van der Waals surface area (Å²) in [5.41, 5.74) is 0. The van der Waals surface area contributed by atoms with E-state index in [1.165, 1.54) is 11.3 Å². The fourth-order valence-electron chi connectivity index (χ4n) is 1.55. The number of halogens is 3. The smallest absolute Gasteiger partial charge is 0.319 e. The van der Waals surface area contributed by atoms with Crippen molar-refractivity contribution >= 4 is 11.3 Å². The van der Waals surface area contributed by atoms with Crippen molar-refractivity contribution in [3.63, 3.8) is 0 Å². The Morgan fingerprint density at radius 2 is 2.20 bits per heavy atom. The maximum atomic E-state index is 12.2. The molecule has 1 rings (SSSR count). The van der Waals surface area contributed by atoms with Crippen LogP contribution in [0.1, 0.15) is 11.3 Å². The summed E-state index contributed by atoms with van der Waals surface area (Å²) in [6, 6.07) is 3.74. The molecule has 0 saturated heterocycles. The van der Waals surface area contributed by atoms with Crippen LogP contribution < -0.4 is 5.32 Å². The van der Waals surface area contributed by atoms with Gasteiger partial charge in [0, 0.05) is 11.3 Å². The van der Waals surface area contributed by atoms with E-state index in [0.29, 0.717) is 13.0 Å². The van der Waals surface area contributed by atoms with E-state index >= 15 is 0 Å². The fourth-order valence-corrected chi connectivity index (χ4v) is 2.37. The minimum Gasteiger partial charge on any atom is -0.319 e. The van der Waals surface area contributed by atoms with E-state index in [9.17, 15) is 13.2 Å². The van der Waals surface area contributed by atoms with Gasteiger partial charge >= 0.3 is 6.18 Å². The molecule has 1 N–H and O–H groups in total. The number of nitrogens with one attached hydrogen (secondary N) is 1. The highest BCUT2D eigenvalue weighted by atomic mass is 32.1. The summed E-state index contributed by atoms with van der Waals surface area (Å²) in [6.45, 7) is 0.400. The van der Waals surface area contributed by atoms with Crippen molar-refractivity contribution in [1.29, 1.82) is 0 Å². The van der Waals surface area contributed by atoms with E-state index in [4.69, 9.17) is 0 Å². The van der Waals surface area contributed by atoms with Gasteiger partial charge in [0.2, 0.25) is 0 Å². The lowest BCUT2D eigenvalue weighted by atomic mass is 10.0. The summed E-state index contributed by atoms with van der Waals surface area (Å²) in [5, 5.41) is 4.70. The number of rotatable bonds is 5. The van der Waals surface area contributed by atoms with Gasteiger partial charge in [-0.3, -0.25) is 0 Å². The van der Waals surface area contributed by atoms with Crippen LogP contribution in [0.15, 0.2) is 17.5 Å². The molecule has 1 nitrogen and oxygen atoms in total. The maximum Gasteiger partial charge on any atom is 0.389 e. The molecule has 0 unspecified atom stereocenters. The van der Waals surface area contributed by atoms with Crippen molar-refractivity contribution in [2.24, 2.45) is 5.92 Å². The van der Waals surface area contributed by atoms with Gasteiger partial charge in [0.05, 0.1) is 0 Å². The molecule has 0 aliphatic rings. The monoisotopic (exact) mass is 237 g/mol. The molecule has 0 radical (unpaired) electrons. The first kappa shape index (κ1) is 12.5. The third-order valence-electron chi connectivity index (χ3n) is 2.08. The Kier molecular flexibility index (Phi) is 4.60. The van der Waals surface area contributed by atoms with Crippen molar-refractivity contribution < 1.29 is 13.2 Å². The maximum absolute atomic E-state index is 12.2. The molecule has 86 valence electrons. The zero-order chi connectivity index (χ0) is 11.3. The number of hydrogen-bond acceptors (Lipinski definition) is 2. The Morgan fingerprint density at radius 3 is 2.67 bits per heavy atom. The van der Waals surface area contributed by atoms with Crippen molar-refractivity contribution in [3.8, 4) is 0 Å². The summed E-state index contributed by atoms with van der Waals surface area (Å²) in [4.78, 5) is 1.01. The molecule has 1 aromatic heterocycles. The summed E-state index contributed by atoms with van der Waals surface area (Å²) < 4.78 is 36.7. The zero-order valence-electron chi connectivity index (χ0n) is 8.47. The second kappa shape index (κ2) is 5.51. The lowest BCUT2D eigenvalue weighted by Gasteiger charge is -2.17. The minimum atomic E-state index is -4.07. The highest BCUT2D eigenvalue weighted by molar-refractivity contribution is 7.09. The van der Waals surface area contributed by atoms with Crippen LogP contribution in [-0.4, -0.2) is 19.8 Å². The van der Waals surface area contributed by atoms with Gasteiger partial charge < -0.3 is 5.32 Å². The molecule has 1 atom stereocenters. The summed E-state index contributed by atoms with van der Waals surface area (Å²) in [5.74, 6) is -0.367. The average Bonchev–Trinajstić information content (AvgIpc) is 2.54. The van der Waals surface area contributed by atoms with E-state index in [1.54, 1.807) is 7.05 Å². The average molecular weight is 237 g/mol. The number of alkyl halides is 3. The molecule has 0 aliphatic carbocycles. The Bertz CT molecular complexity index is 269.